The fourth-order valence-corrected chi connectivity index (χ4v) is 5.94. The van der Waals surface area contributed by atoms with Gasteiger partial charge in [-0.1, -0.05) is 74.1 Å². The predicted octanol–water partition coefficient (Wildman–Crippen LogP) is 9.12. The number of nitrogens with zero attached hydrogens (tertiary/aromatic N) is 4. The Bertz CT molecular complexity index is 2320. The minimum absolute atomic E-state index is 0. The van der Waals surface area contributed by atoms with Crippen molar-refractivity contribution in [1.29, 1.82) is 0 Å². The smallest absolute Gasteiger partial charge is 0.503 e. The van der Waals surface area contributed by atoms with Crippen molar-refractivity contribution < 1.29 is 25.8 Å². The van der Waals surface area contributed by atoms with E-state index in [1.54, 1.807) is 0 Å². The molecular weight excluding hydrogens is 712 g/mol. The summed E-state index contributed by atoms with van der Waals surface area (Å²) in [5.41, 5.74) is 4.90. The van der Waals surface area contributed by atoms with Gasteiger partial charge in [0, 0.05) is 35.6 Å². The molecule has 0 aliphatic heterocycles. The summed E-state index contributed by atoms with van der Waals surface area (Å²) in [6.45, 7) is 6.61. The molecule has 8 rings (SSSR count). The maximum absolute atomic E-state index is 6.44. The zero-order chi connectivity index (χ0) is 28.4. The number of pyridine rings is 3. The molecule has 0 radical (unpaired) electrons. The maximum atomic E-state index is 6.44. The van der Waals surface area contributed by atoms with E-state index in [0.717, 1.165) is 60.2 Å². The van der Waals surface area contributed by atoms with E-state index in [1.807, 2.05) is 55.0 Å². The quantitative estimate of drug-likeness (QED) is 0.134. The predicted molar refractivity (Wildman–Crippen MR) is 170 cm³/mol. The van der Waals surface area contributed by atoms with E-state index in [0.29, 0.717) is 11.5 Å². The number of para-hydroxylation sites is 1. The first-order valence-electron chi connectivity index (χ1n) is 14.0. The topological polar surface area (TPSA) is 52.8 Å². The van der Waals surface area contributed by atoms with Gasteiger partial charge in [0.25, 0.3) is 0 Å². The zero-order valence-electron chi connectivity index (χ0n) is 23.8. The molecule has 0 atom stereocenters. The van der Waals surface area contributed by atoms with Gasteiger partial charge in [-0.3, -0.25) is 9.97 Å². The Balaban J connectivity index is 0.00000300. The van der Waals surface area contributed by atoms with Crippen LogP contribution >= 0.6 is 0 Å². The Morgan fingerprint density at radius 1 is 0.674 bits per heavy atom. The third-order valence-corrected chi connectivity index (χ3v) is 7.89. The summed E-state index contributed by atoms with van der Waals surface area (Å²) in [7, 11) is 0. The van der Waals surface area contributed by atoms with Crippen LogP contribution in [-0.2, 0) is 26.5 Å². The van der Waals surface area contributed by atoms with Crippen molar-refractivity contribution in [3.8, 4) is 17.3 Å². The minimum atomic E-state index is -0.0589. The standard InChI is InChI=1S/C37H26N4O.Pt/c1-37(2,3)30-17-19-39-36-34-24(22-40-35(30)36)12-11-23-13-14-25(20-29(23)34)42-26-15-16-28-27-8-4-5-9-31(27)41(32(28)21-26)33-10-6-7-18-38-33;/h4-19,22H,1-3H3;/q-2;+2. The van der Waals surface area contributed by atoms with Crippen LogP contribution < -0.4 is 4.74 Å². The van der Waals surface area contributed by atoms with E-state index < -0.39 is 0 Å². The molecule has 4 heterocycles. The number of rotatable bonds is 3. The SMILES string of the molecule is CC(C)(C)c1ccnc2c1ncc1ccc3ccc(Oc4[c-]c5c(cc4)c4ccccc4n5-c4ccccn4)[c-]c3c12.[Pt+2]. The average molecular weight is 738 g/mol. The monoisotopic (exact) mass is 737 g/mol. The number of fused-ring (bicyclic) bond motifs is 8. The molecular formula is C37H26N4OPt. The molecule has 0 amide bonds. The van der Waals surface area contributed by atoms with Crippen LogP contribution in [0, 0.1) is 12.1 Å². The molecule has 4 aromatic carbocycles. The average Bonchev–Trinajstić information content (AvgIpc) is 3.34. The van der Waals surface area contributed by atoms with E-state index in [4.69, 9.17) is 14.7 Å². The van der Waals surface area contributed by atoms with Gasteiger partial charge in [-0.05, 0) is 46.0 Å². The molecule has 6 heteroatoms. The Morgan fingerprint density at radius 2 is 1.44 bits per heavy atom. The second kappa shape index (κ2) is 10.3. The Kier molecular flexibility index (Phi) is 6.52. The summed E-state index contributed by atoms with van der Waals surface area (Å²) < 4.78 is 8.57. The van der Waals surface area contributed by atoms with E-state index in [2.05, 4.69) is 91.0 Å². The van der Waals surface area contributed by atoms with Crippen LogP contribution in [0.2, 0.25) is 0 Å². The Labute approximate surface area is 263 Å². The largest absolute Gasteiger partial charge is 2.00 e. The summed E-state index contributed by atoms with van der Waals surface area (Å²) in [6, 6.07) is 35.7. The van der Waals surface area contributed by atoms with E-state index in [1.165, 1.54) is 5.56 Å². The van der Waals surface area contributed by atoms with Gasteiger partial charge < -0.3 is 9.30 Å². The van der Waals surface area contributed by atoms with Crippen LogP contribution in [0.3, 0.4) is 0 Å². The second-order valence-corrected chi connectivity index (χ2v) is 11.6. The first-order chi connectivity index (χ1) is 20.5. The van der Waals surface area contributed by atoms with Gasteiger partial charge in [-0.25, -0.2) is 4.98 Å². The van der Waals surface area contributed by atoms with Crippen LogP contribution in [0.4, 0.5) is 0 Å². The number of hydrogen-bond donors (Lipinski definition) is 0. The molecule has 0 unspecified atom stereocenters. The van der Waals surface area contributed by atoms with Crippen molar-refractivity contribution in [3.05, 3.63) is 121 Å². The molecule has 0 saturated carbocycles. The zero-order valence-corrected chi connectivity index (χ0v) is 26.1. The summed E-state index contributed by atoms with van der Waals surface area (Å²) in [4.78, 5) is 14.3. The van der Waals surface area contributed by atoms with Crippen molar-refractivity contribution in [2.75, 3.05) is 0 Å². The maximum Gasteiger partial charge on any atom is 2.00 e. The van der Waals surface area contributed by atoms with Crippen molar-refractivity contribution >= 4 is 54.4 Å². The molecule has 0 saturated heterocycles. The molecule has 0 bridgehead atoms. The number of benzene rings is 4. The number of ether oxygens (including phenoxy) is 1. The van der Waals surface area contributed by atoms with Crippen molar-refractivity contribution in [3.63, 3.8) is 0 Å². The van der Waals surface area contributed by atoms with E-state index in [9.17, 15) is 0 Å². The van der Waals surface area contributed by atoms with Crippen molar-refractivity contribution in [1.82, 2.24) is 19.5 Å². The molecule has 43 heavy (non-hydrogen) atoms. The summed E-state index contributed by atoms with van der Waals surface area (Å²) in [5, 5.41) is 6.32. The first kappa shape index (κ1) is 27.2. The van der Waals surface area contributed by atoms with Crippen LogP contribution in [0.5, 0.6) is 11.5 Å². The fourth-order valence-electron chi connectivity index (χ4n) is 5.94. The van der Waals surface area contributed by atoms with Crippen molar-refractivity contribution in [2.45, 2.75) is 26.2 Å². The second-order valence-electron chi connectivity index (χ2n) is 11.6. The molecule has 0 fully saturated rings. The van der Waals surface area contributed by atoms with E-state index >= 15 is 0 Å². The molecule has 5 nitrogen and oxygen atoms in total. The summed E-state index contributed by atoms with van der Waals surface area (Å²) in [5.74, 6) is 2.06. The molecule has 4 aromatic heterocycles. The molecule has 0 spiro atoms. The fraction of sp³-hybridized carbons (Fsp3) is 0.108. The molecule has 0 aliphatic carbocycles. The number of hydrogen-bond acceptors (Lipinski definition) is 4. The third kappa shape index (κ3) is 4.47. The van der Waals surface area contributed by atoms with Gasteiger partial charge in [0.05, 0.1) is 11.0 Å². The van der Waals surface area contributed by atoms with Gasteiger partial charge in [0.15, 0.2) is 0 Å². The normalized spacial score (nSPS) is 11.9. The van der Waals surface area contributed by atoms with Crippen LogP contribution in [0.25, 0.3) is 60.2 Å². The van der Waals surface area contributed by atoms with Crippen LogP contribution in [0.15, 0.2) is 104 Å². The summed E-state index contributed by atoms with van der Waals surface area (Å²) in [6.07, 6.45) is 5.63. The van der Waals surface area contributed by atoms with Crippen LogP contribution in [0.1, 0.15) is 26.3 Å². The van der Waals surface area contributed by atoms with Gasteiger partial charge >= 0.3 is 21.1 Å². The number of aromatic nitrogens is 4. The third-order valence-electron chi connectivity index (χ3n) is 7.89. The van der Waals surface area contributed by atoms with E-state index in [-0.39, 0.29) is 26.5 Å². The Hall–Kier alpha value is -4.60. The van der Waals surface area contributed by atoms with Gasteiger partial charge in [-0.15, -0.1) is 40.4 Å². The van der Waals surface area contributed by atoms with Crippen molar-refractivity contribution in [2.24, 2.45) is 0 Å². The van der Waals surface area contributed by atoms with Gasteiger partial charge in [0.2, 0.25) is 0 Å². The summed E-state index contributed by atoms with van der Waals surface area (Å²) >= 11 is 0. The van der Waals surface area contributed by atoms with Gasteiger partial charge in [-0.2, -0.15) is 6.07 Å². The molecule has 8 aromatic rings. The minimum Gasteiger partial charge on any atom is -0.503 e. The molecule has 0 aliphatic rings. The van der Waals surface area contributed by atoms with Crippen LogP contribution in [-0.4, -0.2) is 19.5 Å². The Morgan fingerprint density at radius 3 is 2.28 bits per heavy atom. The first-order valence-corrected chi connectivity index (χ1v) is 14.0. The van der Waals surface area contributed by atoms with Gasteiger partial charge in [0.1, 0.15) is 5.82 Å². The molecule has 210 valence electrons. The molecule has 0 N–H and O–H groups in total.